The zero-order valence-corrected chi connectivity index (χ0v) is 13.5. The van der Waals surface area contributed by atoms with Crippen LogP contribution in [0.15, 0.2) is 36.7 Å². The Morgan fingerprint density at radius 3 is 2.79 bits per heavy atom. The van der Waals surface area contributed by atoms with Crippen molar-refractivity contribution < 1.29 is 14.3 Å². The van der Waals surface area contributed by atoms with Crippen molar-refractivity contribution >= 4 is 17.7 Å². The van der Waals surface area contributed by atoms with Crippen LogP contribution >= 0.6 is 0 Å². The lowest BCUT2D eigenvalue weighted by Crippen LogP contribution is -2.43. The molecule has 7 nitrogen and oxygen atoms in total. The molecule has 7 heteroatoms. The van der Waals surface area contributed by atoms with Gasteiger partial charge in [-0.15, -0.1) is 0 Å². The second kappa shape index (κ2) is 7.16. The van der Waals surface area contributed by atoms with E-state index in [0.717, 1.165) is 29.9 Å². The highest BCUT2D eigenvalue weighted by molar-refractivity contribution is 5.93. The average Bonchev–Trinajstić information content (AvgIpc) is 3.16. The van der Waals surface area contributed by atoms with E-state index in [-0.39, 0.29) is 17.9 Å². The normalized spacial score (nSPS) is 17.4. The molecule has 2 heterocycles. The molecule has 0 spiro atoms. The standard InChI is InChI=1S/C17H20N4O3/c1-24-17(23)21-10-2-3-13(11-21)16(22)20-14-6-4-12(5-7-14)15-18-8-9-19-15/h4-9,13H,2-3,10-11H2,1H3,(H,18,19)(H,20,22)/t13-/m1/s1. The molecule has 1 atom stereocenters. The Labute approximate surface area is 140 Å². The molecule has 0 saturated carbocycles. The number of aromatic amines is 1. The number of ether oxygens (including phenoxy) is 1. The van der Waals surface area contributed by atoms with Gasteiger partial charge >= 0.3 is 6.09 Å². The molecule has 126 valence electrons. The van der Waals surface area contributed by atoms with Crippen molar-refractivity contribution in [3.05, 3.63) is 36.7 Å². The number of nitrogens with one attached hydrogen (secondary N) is 2. The van der Waals surface area contributed by atoms with Gasteiger partial charge in [-0.1, -0.05) is 0 Å². The number of amides is 2. The van der Waals surface area contributed by atoms with Crippen LogP contribution in [0.2, 0.25) is 0 Å². The molecule has 0 aliphatic carbocycles. The summed E-state index contributed by atoms with van der Waals surface area (Å²) in [6, 6.07) is 7.49. The van der Waals surface area contributed by atoms with E-state index < -0.39 is 0 Å². The number of carbonyl (C=O) groups is 2. The van der Waals surface area contributed by atoms with Crippen LogP contribution in [0.5, 0.6) is 0 Å². The molecule has 1 aromatic carbocycles. The summed E-state index contributed by atoms with van der Waals surface area (Å²) >= 11 is 0. The quantitative estimate of drug-likeness (QED) is 0.906. The van der Waals surface area contributed by atoms with Gasteiger partial charge in [0.2, 0.25) is 5.91 Å². The summed E-state index contributed by atoms with van der Waals surface area (Å²) in [4.78, 5) is 32.8. The van der Waals surface area contributed by atoms with Gasteiger partial charge in [-0.05, 0) is 37.1 Å². The maximum atomic E-state index is 12.4. The van der Waals surface area contributed by atoms with E-state index in [1.807, 2.05) is 24.3 Å². The van der Waals surface area contributed by atoms with Gasteiger partial charge in [0.15, 0.2) is 0 Å². The van der Waals surface area contributed by atoms with Gasteiger partial charge in [0.25, 0.3) is 0 Å². The number of piperidine rings is 1. The smallest absolute Gasteiger partial charge is 0.409 e. The van der Waals surface area contributed by atoms with Crippen LogP contribution in [0.4, 0.5) is 10.5 Å². The number of nitrogens with zero attached hydrogens (tertiary/aromatic N) is 2. The molecule has 3 rings (SSSR count). The van der Waals surface area contributed by atoms with Gasteiger partial charge in [0, 0.05) is 36.7 Å². The number of benzene rings is 1. The van der Waals surface area contributed by atoms with Gasteiger partial charge in [-0.25, -0.2) is 9.78 Å². The molecular weight excluding hydrogens is 308 g/mol. The molecular formula is C17H20N4O3. The van der Waals surface area contributed by atoms with E-state index in [9.17, 15) is 9.59 Å². The first kappa shape index (κ1) is 16.0. The molecule has 1 saturated heterocycles. The number of rotatable bonds is 3. The van der Waals surface area contributed by atoms with E-state index in [1.165, 1.54) is 7.11 Å². The predicted molar refractivity (Wildman–Crippen MR) is 89.4 cm³/mol. The van der Waals surface area contributed by atoms with E-state index in [4.69, 9.17) is 4.74 Å². The number of imidazole rings is 1. The molecule has 1 aliphatic heterocycles. The Bertz CT molecular complexity index is 697. The highest BCUT2D eigenvalue weighted by Crippen LogP contribution is 2.21. The molecule has 2 N–H and O–H groups in total. The summed E-state index contributed by atoms with van der Waals surface area (Å²) in [7, 11) is 1.35. The monoisotopic (exact) mass is 328 g/mol. The van der Waals surface area contributed by atoms with Crippen molar-refractivity contribution in [2.45, 2.75) is 12.8 Å². The molecule has 2 amide bonds. The van der Waals surface area contributed by atoms with Crippen molar-refractivity contribution in [3.8, 4) is 11.4 Å². The lowest BCUT2D eigenvalue weighted by molar-refractivity contribution is -0.121. The van der Waals surface area contributed by atoms with E-state index in [2.05, 4.69) is 15.3 Å². The minimum absolute atomic E-state index is 0.0747. The number of hydrogen-bond acceptors (Lipinski definition) is 4. The third kappa shape index (κ3) is 3.56. The molecule has 1 aliphatic rings. The van der Waals surface area contributed by atoms with Crippen LogP contribution in [-0.2, 0) is 9.53 Å². The second-order valence-corrected chi connectivity index (χ2v) is 5.76. The minimum atomic E-state index is -0.379. The van der Waals surface area contributed by atoms with Crippen molar-refractivity contribution in [2.24, 2.45) is 5.92 Å². The Morgan fingerprint density at radius 2 is 2.12 bits per heavy atom. The van der Waals surface area contributed by atoms with Gasteiger partial charge < -0.3 is 19.9 Å². The molecule has 0 radical (unpaired) electrons. The summed E-state index contributed by atoms with van der Waals surface area (Å²) in [6.07, 6.45) is 4.65. The zero-order chi connectivity index (χ0) is 16.9. The first-order valence-electron chi connectivity index (χ1n) is 7.91. The fourth-order valence-electron chi connectivity index (χ4n) is 2.86. The Balaban J connectivity index is 1.61. The van der Waals surface area contributed by atoms with Crippen LogP contribution in [0.3, 0.4) is 0 Å². The molecule has 1 fully saturated rings. The van der Waals surface area contributed by atoms with Crippen molar-refractivity contribution in [2.75, 3.05) is 25.5 Å². The number of hydrogen-bond donors (Lipinski definition) is 2. The molecule has 0 unspecified atom stereocenters. The van der Waals surface area contributed by atoms with Gasteiger partial charge in [0.05, 0.1) is 13.0 Å². The summed E-state index contributed by atoms with van der Waals surface area (Å²) in [5, 5.41) is 2.91. The largest absolute Gasteiger partial charge is 0.453 e. The molecule has 2 aromatic rings. The summed E-state index contributed by atoms with van der Waals surface area (Å²) in [6.45, 7) is 1.03. The van der Waals surface area contributed by atoms with Gasteiger partial charge in [0.1, 0.15) is 5.82 Å². The third-order valence-corrected chi connectivity index (χ3v) is 4.15. The maximum absolute atomic E-state index is 12.4. The van der Waals surface area contributed by atoms with Crippen LogP contribution in [0.25, 0.3) is 11.4 Å². The summed E-state index contributed by atoms with van der Waals surface area (Å²) in [5.74, 6) is 0.492. The minimum Gasteiger partial charge on any atom is -0.453 e. The molecule has 24 heavy (non-hydrogen) atoms. The lowest BCUT2D eigenvalue weighted by atomic mass is 9.97. The zero-order valence-electron chi connectivity index (χ0n) is 13.5. The molecule has 0 bridgehead atoms. The van der Waals surface area contributed by atoms with E-state index in [1.54, 1.807) is 17.3 Å². The summed E-state index contributed by atoms with van der Waals surface area (Å²) < 4.78 is 4.73. The number of anilines is 1. The fourth-order valence-corrected chi connectivity index (χ4v) is 2.86. The van der Waals surface area contributed by atoms with Crippen LogP contribution in [0, 0.1) is 5.92 Å². The van der Waals surface area contributed by atoms with Crippen molar-refractivity contribution in [3.63, 3.8) is 0 Å². The van der Waals surface area contributed by atoms with Crippen molar-refractivity contribution in [1.29, 1.82) is 0 Å². The molecule has 1 aromatic heterocycles. The third-order valence-electron chi connectivity index (χ3n) is 4.15. The Hall–Kier alpha value is -2.83. The Kier molecular flexibility index (Phi) is 4.79. The predicted octanol–water partition coefficient (Wildman–Crippen LogP) is 2.49. The maximum Gasteiger partial charge on any atom is 0.409 e. The number of H-pyrrole nitrogens is 1. The summed E-state index contributed by atoms with van der Waals surface area (Å²) in [5.41, 5.74) is 1.68. The number of methoxy groups -OCH3 is 1. The SMILES string of the molecule is COC(=O)N1CCC[C@@H](C(=O)Nc2ccc(-c3ncc[nH]3)cc2)C1. The lowest BCUT2D eigenvalue weighted by Gasteiger charge is -2.30. The van der Waals surface area contributed by atoms with Gasteiger partial charge in [-0.2, -0.15) is 0 Å². The number of likely N-dealkylation sites (tertiary alicyclic amines) is 1. The van der Waals surface area contributed by atoms with Crippen molar-refractivity contribution in [1.82, 2.24) is 14.9 Å². The first-order chi connectivity index (χ1) is 11.7. The Morgan fingerprint density at radius 1 is 1.33 bits per heavy atom. The van der Waals surface area contributed by atoms with E-state index in [0.29, 0.717) is 13.1 Å². The fraction of sp³-hybridized carbons (Fsp3) is 0.353. The van der Waals surface area contributed by atoms with Crippen LogP contribution in [-0.4, -0.2) is 47.1 Å². The second-order valence-electron chi connectivity index (χ2n) is 5.76. The van der Waals surface area contributed by atoms with Crippen LogP contribution in [0.1, 0.15) is 12.8 Å². The topological polar surface area (TPSA) is 87.3 Å². The van der Waals surface area contributed by atoms with E-state index >= 15 is 0 Å². The highest BCUT2D eigenvalue weighted by Gasteiger charge is 2.28. The van der Waals surface area contributed by atoms with Crippen LogP contribution < -0.4 is 5.32 Å². The highest BCUT2D eigenvalue weighted by atomic mass is 16.5. The average molecular weight is 328 g/mol. The first-order valence-corrected chi connectivity index (χ1v) is 7.91. The van der Waals surface area contributed by atoms with Gasteiger partial charge in [-0.3, -0.25) is 4.79 Å². The number of carbonyl (C=O) groups excluding carboxylic acids is 2. The number of aromatic nitrogens is 2.